The van der Waals surface area contributed by atoms with E-state index in [0.29, 0.717) is 25.1 Å². The Balaban J connectivity index is 1.94. The number of aromatic amines is 1. The van der Waals surface area contributed by atoms with E-state index in [1.807, 2.05) is 0 Å². The second-order valence-corrected chi connectivity index (χ2v) is 5.91. The summed E-state index contributed by atoms with van der Waals surface area (Å²) < 4.78 is 0. The van der Waals surface area contributed by atoms with Crippen molar-refractivity contribution < 1.29 is 24.3 Å². The minimum absolute atomic E-state index is 0.146. The van der Waals surface area contributed by atoms with Crippen molar-refractivity contribution in [2.24, 2.45) is 5.73 Å². The highest BCUT2D eigenvalue weighted by Crippen LogP contribution is 2.17. The molecule has 0 saturated carbocycles. The number of carbonyl (C=O) groups is 4. The number of aliphatic carboxylic acids is 1. The summed E-state index contributed by atoms with van der Waals surface area (Å²) >= 11 is 0. The fourth-order valence-corrected chi connectivity index (χ4v) is 2.79. The number of hydrogen-bond donors (Lipinski definition) is 5. The standard InChI is InChI=1S/C15H22N6O5/c16-5-12(22)20-10(4-9-6-17-8-19-9)14(24)18-7-13(23)21-3-1-2-11(21)15(25)26/h6,8,10-11H,1-5,7,16H2,(H,17,19)(H,18,24)(H,20,22)(H,25,26)/t10-,11-/m0/s1. The molecule has 1 saturated heterocycles. The second kappa shape index (κ2) is 8.94. The molecule has 1 aliphatic heterocycles. The van der Waals surface area contributed by atoms with Gasteiger partial charge in [-0.05, 0) is 12.8 Å². The van der Waals surface area contributed by atoms with Crippen molar-refractivity contribution in [3.63, 3.8) is 0 Å². The lowest BCUT2D eigenvalue weighted by Gasteiger charge is -2.22. The summed E-state index contributed by atoms with van der Waals surface area (Å²) in [5.41, 5.74) is 5.89. The normalized spacial score (nSPS) is 17.6. The van der Waals surface area contributed by atoms with E-state index in [-0.39, 0.29) is 19.5 Å². The molecular weight excluding hydrogens is 344 g/mol. The fraction of sp³-hybridized carbons (Fsp3) is 0.533. The van der Waals surface area contributed by atoms with Crippen LogP contribution in [-0.4, -0.2) is 75.4 Å². The Bertz CT molecular complexity index is 661. The molecular formula is C15H22N6O5. The predicted octanol–water partition coefficient (Wildman–Crippen LogP) is -2.41. The number of hydrogen-bond acceptors (Lipinski definition) is 6. The first-order valence-electron chi connectivity index (χ1n) is 8.19. The van der Waals surface area contributed by atoms with Crippen LogP contribution in [0, 0.1) is 0 Å². The first-order chi connectivity index (χ1) is 12.4. The topological polar surface area (TPSA) is 171 Å². The Kier molecular flexibility index (Phi) is 6.67. The number of carbonyl (C=O) groups excluding carboxylic acids is 3. The smallest absolute Gasteiger partial charge is 0.326 e. The molecule has 11 nitrogen and oxygen atoms in total. The largest absolute Gasteiger partial charge is 0.480 e. The van der Waals surface area contributed by atoms with Crippen LogP contribution >= 0.6 is 0 Å². The number of carboxylic acid groups (broad SMARTS) is 1. The van der Waals surface area contributed by atoms with E-state index in [9.17, 15) is 19.2 Å². The summed E-state index contributed by atoms with van der Waals surface area (Å²) in [4.78, 5) is 55.2. The lowest BCUT2D eigenvalue weighted by atomic mass is 10.1. The first kappa shape index (κ1) is 19.4. The van der Waals surface area contributed by atoms with Gasteiger partial charge in [0.1, 0.15) is 12.1 Å². The number of likely N-dealkylation sites (tertiary alicyclic amines) is 1. The Labute approximate surface area is 149 Å². The summed E-state index contributed by atoms with van der Waals surface area (Å²) in [6.45, 7) is -0.284. The monoisotopic (exact) mass is 366 g/mol. The number of rotatable bonds is 8. The van der Waals surface area contributed by atoms with E-state index in [1.165, 1.54) is 17.4 Å². The Morgan fingerprint density at radius 2 is 2.19 bits per heavy atom. The fourth-order valence-electron chi connectivity index (χ4n) is 2.79. The van der Waals surface area contributed by atoms with Gasteiger partial charge in [0.15, 0.2) is 0 Å². The van der Waals surface area contributed by atoms with Gasteiger partial charge in [-0.15, -0.1) is 0 Å². The zero-order chi connectivity index (χ0) is 19.1. The zero-order valence-electron chi connectivity index (χ0n) is 14.1. The third-order valence-electron chi connectivity index (χ3n) is 4.09. The van der Waals surface area contributed by atoms with E-state index in [4.69, 9.17) is 10.8 Å². The minimum atomic E-state index is -1.06. The number of nitrogens with one attached hydrogen (secondary N) is 3. The minimum Gasteiger partial charge on any atom is -0.480 e. The molecule has 26 heavy (non-hydrogen) atoms. The molecule has 3 amide bonds. The van der Waals surface area contributed by atoms with Crippen LogP contribution in [0.5, 0.6) is 0 Å². The number of amides is 3. The molecule has 0 spiro atoms. The van der Waals surface area contributed by atoms with Gasteiger partial charge in [0.05, 0.1) is 19.4 Å². The molecule has 0 aromatic carbocycles. The average Bonchev–Trinajstić information content (AvgIpc) is 3.29. The van der Waals surface area contributed by atoms with Crippen LogP contribution < -0.4 is 16.4 Å². The molecule has 0 radical (unpaired) electrons. The SMILES string of the molecule is NCC(=O)N[C@@H](Cc1cnc[nH]1)C(=O)NCC(=O)N1CCC[C@H]1C(=O)O. The van der Waals surface area contributed by atoms with Crippen LogP contribution in [0.3, 0.4) is 0 Å². The first-order valence-corrected chi connectivity index (χ1v) is 8.19. The van der Waals surface area contributed by atoms with Crippen molar-refractivity contribution in [1.29, 1.82) is 0 Å². The van der Waals surface area contributed by atoms with Gasteiger partial charge in [-0.3, -0.25) is 14.4 Å². The summed E-state index contributed by atoms with van der Waals surface area (Å²) in [6, 6.07) is -1.80. The molecule has 0 aliphatic carbocycles. The summed E-state index contributed by atoms with van der Waals surface area (Å²) in [6.07, 6.45) is 4.10. The van der Waals surface area contributed by atoms with Gasteiger partial charge < -0.3 is 31.4 Å². The number of nitrogens with two attached hydrogens (primary N) is 1. The van der Waals surface area contributed by atoms with Gasteiger partial charge in [-0.1, -0.05) is 0 Å². The maximum atomic E-state index is 12.4. The van der Waals surface area contributed by atoms with E-state index in [0.717, 1.165) is 0 Å². The van der Waals surface area contributed by atoms with Crippen molar-refractivity contribution in [3.05, 3.63) is 18.2 Å². The number of H-pyrrole nitrogens is 1. The average molecular weight is 366 g/mol. The Morgan fingerprint density at radius 1 is 1.42 bits per heavy atom. The molecule has 1 fully saturated rings. The number of aromatic nitrogens is 2. The molecule has 2 atom stereocenters. The molecule has 1 aliphatic rings. The van der Waals surface area contributed by atoms with Crippen LogP contribution in [0.2, 0.25) is 0 Å². The number of imidazole rings is 1. The van der Waals surface area contributed by atoms with Crippen molar-refractivity contribution in [3.8, 4) is 0 Å². The lowest BCUT2D eigenvalue weighted by Crippen LogP contribution is -2.52. The lowest BCUT2D eigenvalue weighted by molar-refractivity contribution is -0.148. The third kappa shape index (κ3) is 5.02. The van der Waals surface area contributed by atoms with Crippen molar-refractivity contribution in [1.82, 2.24) is 25.5 Å². The van der Waals surface area contributed by atoms with Crippen LogP contribution in [0.4, 0.5) is 0 Å². The molecule has 0 unspecified atom stereocenters. The molecule has 2 rings (SSSR count). The third-order valence-corrected chi connectivity index (χ3v) is 4.09. The van der Waals surface area contributed by atoms with E-state index < -0.39 is 35.8 Å². The maximum absolute atomic E-state index is 12.4. The van der Waals surface area contributed by atoms with Gasteiger partial charge in [0, 0.05) is 24.9 Å². The Hall–Kier alpha value is -2.95. The number of nitrogens with zero attached hydrogens (tertiary/aromatic N) is 2. The summed E-state index contributed by atoms with van der Waals surface area (Å²) in [5.74, 6) is -2.62. The van der Waals surface area contributed by atoms with Crippen molar-refractivity contribution in [2.75, 3.05) is 19.6 Å². The zero-order valence-corrected chi connectivity index (χ0v) is 14.1. The molecule has 1 aromatic heterocycles. The quantitative estimate of drug-likeness (QED) is 0.341. The van der Waals surface area contributed by atoms with Gasteiger partial charge in [-0.25, -0.2) is 9.78 Å². The Morgan fingerprint density at radius 3 is 2.81 bits per heavy atom. The highest BCUT2D eigenvalue weighted by atomic mass is 16.4. The predicted molar refractivity (Wildman–Crippen MR) is 88.7 cm³/mol. The molecule has 11 heteroatoms. The van der Waals surface area contributed by atoms with Crippen LogP contribution in [0.1, 0.15) is 18.5 Å². The summed E-state index contributed by atoms with van der Waals surface area (Å²) in [5, 5.41) is 14.0. The van der Waals surface area contributed by atoms with Gasteiger partial charge >= 0.3 is 5.97 Å². The van der Waals surface area contributed by atoms with E-state index in [2.05, 4.69) is 20.6 Å². The second-order valence-electron chi connectivity index (χ2n) is 5.91. The van der Waals surface area contributed by atoms with Gasteiger partial charge in [-0.2, -0.15) is 0 Å². The molecule has 142 valence electrons. The van der Waals surface area contributed by atoms with Crippen LogP contribution in [0.15, 0.2) is 12.5 Å². The maximum Gasteiger partial charge on any atom is 0.326 e. The van der Waals surface area contributed by atoms with Crippen LogP contribution in [0.25, 0.3) is 0 Å². The highest BCUT2D eigenvalue weighted by molar-refractivity contribution is 5.92. The molecule has 0 bridgehead atoms. The highest BCUT2D eigenvalue weighted by Gasteiger charge is 2.34. The molecule has 6 N–H and O–H groups in total. The summed E-state index contributed by atoms with van der Waals surface area (Å²) in [7, 11) is 0. The van der Waals surface area contributed by atoms with Gasteiger partial charge in [0.2, 0.25) is 17.7 Å². The van der Waals surface area contributed by atoms with Crippen molar-refractivity contribution >= 4 is 23.7 Å². The number of carboxylic acids is 1. The van der Waals surface area contributed by atoms with E-state index >= 15 is 0 Å². The molecule has 2 heterocycles. The van der Waals surface area contributed by atoms with Crippen molar-refractivity contribution in [2.45, 2.75) is 31.3 Å². The van der Waals surface area contributed by atoms with Crippen LogP contribution in [-0.2, 0) is 25.6 Å². The van der Waals surface area contributed by atoms with Gasteiger partial charge in [0.25, 0.3) is 0 Å². The molecule has 1 aromatic rings. The van der Waals surface area contributed by atoms with E-state index in [1.54, 1.807) is 0 Å².